The zero-order chi connectivity index (χ0) is 15.6. The van der Waals surface area contributed by atoms with Crippen molar-refractivity contribution < 1.29 is 19.8 Å². The topological polar surface area (TPSA) is 99.5 Å². The van der Waals surface area contributed by atoms with E-state index in [4.69, 9.17) is 5.11 Å². The molecule has 6 nitrogen and oxygen atoms in total. The molecule has 1 amide bonds. The van der Waals surface area contributed by atoms with Crippen LogP contribution in [0.2, 0.25) is 0 Å². The Morgan fingerprint density at radius 1 is 1.33 bits per heavy atom. The average molecular weight is 306 g/mol. The fourth-order valence-electron chi connectivity index (χ4n) is 1.73. The quantitative estimate of drug-likeness (QED) is 0.803. The smallest absolute Gasteiger partial charge is 0.347 e. The Balaban J connectivity index is 2.05. The van der Waals surface area contributed by atoms with Crippen LogP contribution in [-0.4, -0.2) is 27.1 Å². The van der Waals surface area contributed by atoms with Gasteiger partial charge in [0.25, 0.3) is 5.91 Å². The molecule has 0 aliphatic heterocycles. The number of phenols is 1. The highest BCUT2D eigenvalue weighted by Gasteiger charge is 2.15. The van der Waals surface area contributed by atoms with Crippen molar-refractivity contribution >= 4 is 23.2 Å². The minimum atomic E-state index is -1.02. The van der Waals surface area contributed by atoms with Crippen LogP contribution in [0.15, 0.2) is 18.2 Å². The number of thiazole rings is 1. The number of aromatic hydroxyl groups is 1. The van der Waals surface area contributed by atoms with Gasteiger partial charge in [-0.3, -0.25) is 4.79 Å². The normalized spacial score (nSPS) is 10.4. The van der Waals surface area contributed by atoms with Gasteiger partial charge in [-0.1, -0.05) is 6.07 Å². The number of benzene rings is 1. The predicted molar refractivity (Wildman–Crippen MR) is 77.8 cm³/mol. The van der Waals surface area contributed by atoms with E-state index in [1.165, 1.54) is 6.07 Å². The lowest BCUT2D eigenvalue weighted by Gasteiger charge is -2.05. The van der Waals surface area contributed by atoms with E-state index in [2.05, 4.69) is 10.3 Å². The van der Waals surface area contributed by atoms with Gasteiger partial charge in [0.2, 0.25) is 0 Å². The van der Waals surface area contributed by atoms with Gasteiger partial charge in [0.1, 0.15) is 15.6 Å². The van der Waals surface area contributed by atoms with Crippen LogP contribution in [0.5, 0.6) is 5.75 Å². The second-order valence-corrected chi connectivity index (χ2v) is 5.59. The van der Waals surface area contributed by atoms with Gasteiger partial charge in [-0.15, -0.1) is 11.3 Å². The molecule has 2 aromatic rings. The highest BCUT2D eigenvalue weighted by atomic mass is 32.1. The molecule has 0 spiro atoms. The van der Waals surface area contributed by atoms with E-state index >= 15 is 0 Å². The number of rotatable bonds is 4. The highest BCUT2D eigenvalue weighted by Crippen LogP contribution is 2.19. The van der Waals surface area contributed by atoms with Crippen LogP contribution < -0.4 is 5.32 Å². The molecule has 0 aliphatic rings. The summed E-state index contributed by atoms with van der Waals surface area (Å²) in [5.41, 5.74) is 1.46. The van der Waals surface area contributed by atoms with E-state index in [-0.39, 0.29) is 23.1 Å². The maximum atomic E-state index is 11.9. The van der Waals surface area contributed by atoms with Gasteiger partial charge in [0.05, 0.1) is 12.2 Å². The third kappa shape index (κ3) is 3.38. The number of aryl methyl sites for hydroxylation is 2. The lowest BCUT2D eigenvalue weighted by atomic mass is 10.1. The first-order valence-corrected chi connectivity index (χ1v) is 6.97. The molecule has 21 heavy (non-hydrogen) atoms. The van der Waals surface area contributed by atoms with Gasteiger partial charge in [-0.05, 0) is 31.5 Å². The summed E-state index contributed by atoms with van der Waals surface area (Å²) in [6, 6.07) is 4.65. The Kier molecular flexibility index (Phi) is 4.23. The second kappa shape index (κ2) is 5.92. The molecule has 2 rings (SSSR count). The molecule has 0 radical (unpaired) electrons. The molecule has 0 atom stereocenters. The zero-order valence-corrected chi connectivity index (χ0v) is 12.3. The van der Waals surface area contributed by atoms with Crippen molar-refractivity contribution in [2.75, 3.05) is 0 Å². The molecular formula is C14H14N2O4S. The molecular weight excluding hydrogens is 292 g/mol. The van der Waals surface area contributed by atoms with E-state index in [0.717, 1.165) is 11.3 Å². The summed E-state index contributed by atoms with van der Waals surface area (Å²) < 4.78 is 0. The van der Waals surface area contributed by atoms with Crippen molar-refractivity contribution in [3.05, 3.63) is 44.9 Å². The summed E-state index contributed by atoms with van der Waals surface area (Å²) in [5, 5.41) is 21.7. The van der Waals surface area contributed by atoms with E-state index in [1.54, 1.807) is 26.0 Å². The molecule has 0 aliphatic carbocycles. The average Bonchev–Trinajstić information content (AvgIpc) is 2.80. The Hall–Kier alpha value is -2.41. The van der Waals surface area contributed by atoms with Crippen LogP contribution in [0.4, 0.5) is 0 Å². The predicted octanol–water partition coefficient (Wildman–Crippen LogP) is 2.09. The number of carbonyl (C=O) groups excluding carboxylic acids is 1. The minimum Gasteiger partial charge on any atom is -0.508 e. The van der Waals surface area contributed by atoms with E-state index in [9.17, 15) is 14.7 Å². The maximum Gasteiger partial charge on any atom is 0.347 e. The van der Waals surface area contributed by atoms with Crippen LogP contribution in [0.1, 0.15) is 36.3 Å². The highest BCUT2D eigenvalue weighted by molar-refractivity contribution is 7.13. The summed E-state index contributed by atoms with van der Waals surface area (Å²) in [4.78, 5) is 27.1. The van der Waals surface area contributed by atoms with Crippen molar-refractivity contribution in [2.24, 2.45) is 0 Å². The molecule has 1 heterocycles. The van der Waals surface area contributed by atoms with Crippen LogP contribution >= 0.6 is 11.3 Å². The number of carboxylic acids is 1. The summed E-state index contributed by atoms with van der Waals surface area (Å²) in [5.74, 6) is -1.32. The fourth-order valence-corrected chi connectivity index (χ4v) is 2.58. The number of phenolic OH excluding ortho intramolecular Hbond substituents is 1. The Bertz CT molecular complexity index is 709. The van der Waals surface area contributed by atoms with Crippen molar-refractivity contribution in [3.63, 3.8) is 0 Å². The molecule has 0 fully saturated rings. The summed E-state index contributed by atoms with van der Waals surface area (Å²) in [6.07, 6.45) is 0. The number of carbonyl (C=O) groups is 2. The van der Waals surface area contributed by atoms with E-state index in [1.807, 2.05) is 0 Å². The Labute approximate surface area is 125 Å². The molecule has 110 valence electrons. The van der Waals surface area contributed by atoms with Crippen molar-refractivity contribution in [1.82, 2.24) is 10.3 Å². The van der Waals surface area contributed by atoms with Crippen LogP contribution in [0.25, 0.3) is 0 Å². The molecule has 1 aromatic heterocycles. The van der Waals surface area contributed by atoms with Gasteiger partial charge >= 0.3 is 5.97 Å². The van der Waals surface area contributed by atoms with Crippen LogP contribution in [0.3, 0.4) is 0 Å². The first-order chi connectivity index (χ1) is 9.88. The van der Waals surface area contributed by atoms with E-state index < -0.39 is 5.97 Å². The van der Waals surface area contributed by atoms with Crippen molar-refractivity contribution in [1.29, 1.82) is 0 Å². The van der Waals surface area contributed by atoms with Crippen LogP contribution in [0, 0.1) is 13.8 Å². The monoisotopic (exact) mass is 306 g/mol. The first kappa shape index (κ1) is 15.0. The van der Waals surface area contributed by atoms with Gasteiger partial charge in [-0.25, -0.2) is 9.78 Å². The van der Waals surface area contributed by atoms with Crippen molar-refractivity contribution in [2.45, 2.75) is 20.4 Å². The molecule has 0 unspecified atom stereocenters. The minimum absolute atomic E-state index is 0.0564. The van der Waals surface area contributed by atoms with Crippen LogP contribution in [-0.2, 0) is 6.54 Å². The van der Waals surface area contributed by atoms with Gasteiger partial charge in [0.15, 0.2) is 0 Å². The SMILES string of the molecule is Cc1ccc(C(=O)NCc2nc(C)c(C(=O)O)s2)cc1O. The number of nitrogens with one attached hydrogen (secondary N) is 1. The number of amides is 1. The summed E-state index contributed by atoms with van der Waals surface area (Å²) in [7, 11) is 0. The van der Waals surface area contributed by atoms with Crippen molar-refractivity contribution in [3.8, 4) is 5.75 Å². The standard InChI is InChI=1S/C14H14N2O4S/c1-7-3-4-9(5-10(7)17)13(18)15-6-11-16-8(2)12(21-11)14(19)20/h3-5,17H,6H2,1-2H3,(H,15,18)(H,19,20). The summed E-state index contributed by atoms with van der Waals surface area (Å²) >= 11 is 1.04. The number of aromatic nitrogens is 1. The Morgan fingerprint density at radius 3 is 2.62 bits per heavy atom. The molecule has 3 N–H and O–H groups in total. The molecule has 0 bridgehead atoms. The number of aromatic carboxylic acids is 1. The second-order valence-electron chi connectivity index (χ2n) is 4.51. The lowest BCUT2D eigenvalue weighted by Crippen LogP contribution is -2.22. The molecule has 0 saturated heterocycles. The van der Waals surface area contributed by atoms with Gasteiger partial charge in [-0.2, -0.15) is 0 Å². The lowest BCUT2D eigenvalue weighted by molar-refractivity contribution is 0.0701. The summed E-state index contributed by atoms with van der Waals surface area (Å²) in [6.45, 7) is 3.50. The molecule has 1 aromatic carbocycles. The number of hydrogen-bond donors (Lipinski definition) is 3. The number of hydrogen-bond acceptors (Lipinski definition) is 5. The van der Waals surface area contributed by atoms with E-state index in [0.29, 0.717) is 21.8 Å². The largest absolute Gasteiger partial charge is 0.508 e. The molecule has 0 saturated carbocycles. The Morgan fingerprint density at radius 2 is 2.05 bits per heavy atom. The number of nitrogens with zero attached hydrogens (tertiary/aromatic N) is 1. The van der Waals surface area contributed by atoms with Gasteiger partial charge in [0, 0.05) is 5.56 Å². The zero-order valence-electron chi connectivity index (χ0n) is 11.5. The third-order valence-corrected chi connectivity index (χ3v) is 4.05. The number of carboxylic acid groups (broad SMARTS) is 1. The third-order valence-electron chi connectivity index (χ3n) is 2.91. The maximum absolute atomic E-state index is 11.9. The molecule has 7 heteroatoms. The first-order valence-electron chi connectivity index (χ1n) is 6.16. The van der Waals surface area contributed by atoms with Gasteiger partial charge < -0.3 is 15.5 Å². The fraction of sp³-hybridized carbons (Fsp3) is 0.214.